The summed E-state index contributed by atoms with van der Waals surface area (Å²) < 4.78 is 25.6. The van der Waals surface area contributed by atoms with Gasteiger partial charge in [0.15, 0.2) is 0 Å². The predicted octanol–water partition coefficient (Wildman–Crippen LogP) is 4.98. The van der Waals surface area contributed by atoms with Crippen molar-refractivity contribution >= 4 is 68.0 Å². The van der Waals surface area contributed by atoms with E-state index in [1.165, 1.54) is 12.1 Å². The van der Waals surface area contributed by atoms with Gasteiger partial charge in [-0.2, -0.15) is 0 Å². The monoisotopic (exact) mass is 539 g/mol. The van der Waals surface area contributed by atoms with Gasteiger partial charge in [-0.1, -0.05) is 77.3 Å². The molecule has 3 rings (SSSR count). The van der Waals surface area contributed by atoms with Crippen molar-refractivity contribution in [1.29, 1.82) is 0 Å². The summed E-state index contributed by atoms with van der Waals surface area (Å²) in [6, 6.07) is 18.3. The minimum absolute atomic E-state index is 0.00241. The first-order chi connectivity index (χ1) is 16.1. The lowest BCUT2D eigenvalue weighted by molar-refractivity contribution is -0.114. The third kappa shape index (κ3) is 6.64. The third-order valence-corrected chi connectivity index (χ3v) is 6.84. The number of nitrogens with one attached hydrogen (secondary N) is 2. The van der Waals surface area contributed by atoms with Gasteiger partial charge in [0.05, 0.1) is 38.3 Å². The number of nitrogens with zero attached hydrogens (tertiary/aromatic N) is 1. The van der Waals surface area contributed by atoms with E-state index in [1.807, 2.05) is 30.3 Å². The zero-order valence-corrected chi connectivity index (χ0v) is 21.0. The smallest absolute Gasteiger partial charge is 0.253 e. The number of carbonyl (C=O) groups excluding carboxylic acids is 2. The zero-order valence-electron chi connectivity index (χ0n) is 17.9. The average molecular weight is 541 g/mol. The minimum Gasteiger partial charge on any atom is -0.348 e. The highest BCUT2D eigenvalue weighted by Gasteiger charge is 2.25. The maximum absolute atomic E-state index is 12.8. The molecule has 3 aromatic rings. The quantitative estimate of drug-likeness (QED) is 0.394. The van der Waals surface area contributed by atoms with Gasteiger partial charge >= 0.3 is 0 Å². The number of hydrogen-bond donors (Lipinski definition) is 2. The maximum Gasteiger partial charge on any atom is 0.253 e. The molecule has 0 unspecified atom stereocenters. The van der Waals surface area contributed by atoms with Crippen molar-refractivity contribution in [2.75, 3.05) is 22.4 Å². The number of anilines is 2. The van der Waals surface area contributed by atoms with E-state index in [1.54, 1.807) is 24.3 Å². The summed E-state index contributed by atoms with van der Waals surface area (Å²) in [5.41, 5.74) is 1.37. The molecule has 11 heteroatoms. The van der Waals surface area contributed by atoms with Crippen LogP contribution in [0.4, 0.5) is 11.4 Å². The summed E-state index contributed by atoms with van der Waals surface area (Å²) >= 11 is 18.1. The van der Waals surface area contributed by atoms with Gasteiger partial charge in [0.1, 0.15) is 6.54 Å². The Morgan fingerprint density at radius 2 is 1.50 bits per heavy atom. The van der Waals surface area contributed by atoms with Crippen molar-refractivity contribution in [2.24, 2.45) is 0 Å². The average Bonchev–Trinajstić information content (AvgIpc) is 2.79. The van der Waals surface area contributed by atoms with E-state index in [9.17, 15) is 18.0 Å². The van der Waals surface area contributed by atoms with Crippen molar-refractivity contribution in [1.82, 2.24) is 5.32 Å². The van der Waals surface area contributed by atoms with Crippen LogP contribution in [0.1, 0.15) is 15.9 Å². The van der Waals surface area contributed by atoms with E-state index >= 15 is 0 Å². The molecule has 0 aliphatic rings. The summed E-state index contributed by atoms with van der Waals surface area (Å²) in [7, 11) is -3.92. The second-order valence-corrected chi connectivity index (χ2v) is 10.4. The summed E-state index contributed by atoms with van der Waals surface area (Å²) in [6.07, 6.45) is 0.935. The van der Waals surface area contributed by atoms with E-state index in [4.69, 9.17) is 34.8 Å². The Kier molecular flexibility index (Phi) is 8.43. The van der Waals surface area contributed by atoms with Gasteiger partial charge in [0.25, 0.3) is 5.91 Å². The van der Waals surface area contributed by atoms with E-state index in [0.717, 1.165) is 16.1 Å². The first-order valence-corrected chi connectivity index (χ1v) is 12.9. The van der Waals surface area contributed by atoms with Gasteiger partial charge in [0, 0.05) is 6.54 Å². The molecule has 7 nitrogen and oxygen atoms in total. The molecule has 0 radical (unpaired) electrons. The van der Waals surface area contributed by atoms with Crippen LogP contribution >= 0.6 is 34.8 Å². The lowest BCUT2D eigenvalue weighted by Gasteiger charge is -2.23. The SMILES string of the molecule is CS(=O)(=O)N(CC(=O)Nc1ccccc1C(=O)NCc1ccccc1)c1cc(Cl)c(Cl)cc1Cl. The maximum atomic E-state index is 12.8. The van der Waals surface area contributed by atoms with Crippen molar-refractivity contribution < 1.29 is 18.0 Å². The normalized spacial score (nSPS) is 11.1. The van der Waals surface area contributed by atoms with Gasteiger partial charge in [-0.3, -0.25) is 13.9 Å². The Balaban J connectivity index is 1.78. The van der Waals surface area contributed by atoms with Crippen LogP contribution in [0.25, 0.3) is 0 Å². The minimum atomic E-state index is -3.92. The summed E-state index contributed by atoms with van der Waals surface area (Å²) in [5, 5.41) is 5.63. The van der Waals surface area contributed by atoms with Crippen LogP contribution in [-0.4, -0.2) is 33.0 Å². The Morgan fingerprint density at radius 1 is 0.882 bits per heavy atom. The lowest BCUT2D eigenvalue weighted by atomic mass is 10.1. The van der Waals surface area contributed by atoms with Crippen LogP contribution in [0, 0.1) is 0 Å². The molecule has 0 atom stereocenters. The molecule has 0 heterocycles. The van der Waals surface area contributed by atoms with Gasteiger partial charge in [0.2, 0.25) is 15.9 Å². The molecule has 0 aliphatic heterocycles. The highest BCUT2D eigenvalue weighted by Crippen LogP contribution is 2.35. The van der Waals surface area contributed by atoms with E-state index in [2.05, 4.69) is 10.6 Å². The fourth-order valence-electron chi connectivity index (χ4n) is 3.07. The van der Waals surface area contributed by atoms with Crippen molar-refractivity contribution in [3.63, 3.8) is 0 Å². The van der Waals surface area contributed by atoms with Gasteiger partial charge in [-0.05, 0) is 29.8 Å². The number of carbonyl (C=O) groups is 2. The Hall–Kier alpha value is -2.78. The highest BCUT2D eigenvalue weighted by atomic mass is 35.5. The predicted molar refractivity (Wildman–Crippen MR) is 136 cm³/mol. The number of benzene rings is 3. The van der Waals surface area contributed by atoms with Crippen molar-refractivity contribution in [3.8, 4) is 0 Å². The van der Waals surface area contributed by atoms with Gasteiger partial charge in [-0.15, -0.1) is 0 Å². The first-order valence-electron chi connectivity index (χ1n) is 9.89. The molecule has 0 bridgehead atoms. The molecule has 3 aromatic carbocycles. The van der Waals surface area contributed by atoms with Crippen molar-refractivity contribution in [3.05, 3.63) is 92.9 Å². The number of amides is 2. The molecule has 0 aliphatic carbocycles. The van der Waals surface area contributed by atoms with Crippen molar-refractivity contribution in [2.45, 2.75) is 6.54 Å². The number of hydrogen-bond acceptors (Lipinski definition) is 4. The molecule has 0 aromatic heterocycles. The molecule has 2 amide bonds. The largest absolute Gasteiger partial charge is 0.348 e. The van der Waals surface area contributed by atoms with Gasteiger partial charge < -0.3 is 10.6 Å². The second kappa shape index (κ2) is 11.1. The standard InChI is InChI=1S/C23H20Cl3N3O4S/c1-34(32,33)29(21-12-18(25)17(24)11-19(21)26)14-22(30)28-20-10-6-5-9-16(20)23(31)27-13-15-7-3-2-4-8-15/h2-12H,13-14H2,1H3,(H,27,31)(H,28,30). The molecular formula is C23H20Cl3N3O4S. The van der Waals surface area contributed by atoms with Crippen LogP contribution in [0.2, 0.25) is 15.1 Å². The fourth-order valence-corrected chi connectivity index (χ4v) is 4.62. The summed E-state index contributed by atoms with van der Waals surface area (Å²) in [5.74, 6) is -1.08. The fraction of sp³-hybridized carbons (Fsp3) is 0.130. The number of para-hydroxylation sites is 1. The van der Waals surface area contributed by atoms with Crippen LogP contribution in [0.3, 0.4) is 0 Å². The Labute approximate surface area is 212 Å². The molecule has 0 saturated carbocycles. The Bertz CT molecular complexity index is 1320. The zero-order chi connectivity index (χ0) is 24.9. The van der Waals surface area contributed by atoms with E-state index in [-0.39, 0.29) is 32.0 Å². The van der Waals surface area contributed by atoms with E-state index < -0.39 is 28.4 Å². The number of halogens is 3. The van der Waals surface area contributed by atoms with Crippen LogP contribution in [-0.2, 0) is 21.4 Å². The van der Waals surface area contributed by atoms with E-state index in [0.29, 0.717) is 6.54 Å². The first kappa shape index (κ1) is 25.8. The molecular weight excluding hydrogens is 521 g/mol. The van der Waals surface area contributed by atoms with Crippen LogP contribution < -0.4 is 14.9 Å². The molecule has 178 valence electrons. The molecule has 0 fully saturated rings. The molecule has 0 spiro atoms. The second-order valence-electron chi connectivity index (χ2n) is 7.25. The molecule has 0 saturated heterocycles. The van der Waals surface area contributed by atoms with Crippen LogP contribution in [0.5, 0.6) is 0 Å². The highest BCUT2D eigenvalue weighted by molar-refractivity contribution is 7.92. The number of sulfonamides is 1. The van der Waals surface area contributed by atoms with Gasteiger partial charge in [-0.25, -0.2) is 8.42 Å². The topological polar surface area (TPSA) is 95.6 Å². The molecule has 34 heavy (non-hydrogen) atoms. The summed E-state index contributed by atoms with van der Waals surface area (Å²) in [6.45, 7) is -0.296. The summed E-state index contributed by atoms with van der Waals surface area (Å²) in [4.78, 5) is 25.5. The number of rotatable bonds is 8. The van der Waals surface area contributed by atoms with Crippen LogP contribution in [0.15, 0.2) is 66.7 Å². The Morgan fingerprint density at radius 3 is 2.18 bits per heavy atom. The lowest BCUT2D eigenvalue weighted by Crippen LogP contribution is -2.38. The molecule has 2 N–H and O–H groups in total. The third-order valence-electron chi connectivity index (χ3n) is 4.69.